The first-order chi connectivity index (χ1) is 8.74. The van der Waals surface area contributed by atoms with E-state index in [-0.39, 0.29) is 0 Å². The molecule has 0 amide bonds. The molecule has 0 atom stereocenters. The van der Waals surface area contributed by atoms with Gasteiger partial charge in [-0.05, 0) is 17.7 Å². The highest BCUT2D eigenvalue weighted by atomic mass is 35.5. The fourth-order valence-corrected chi connectivity index (χ4v) is 2.15. The van der Waals surface area contributed by atoms with Crippen LogP contribution in [-0.2, 0) is 6.54 Å². The molecule has 5 heteroatoms. The van der Waals surface area contributed by atoms with Gasteiger partial charge in [0.1, 0.15) is 5.52 Å². The summed E-state index contributed by atoms with van der Waals surface area (Å²) in [4.78, 5) is 0. The molecule has 0 N–H and O–H groups in total. The number of halogens is 2. The average molecular weight is 278 g/mol. The van der Waals surface area contributed by atoms with E-state index in [0.717, 1.165) is 16.6 Å². The molecule has 2 aromatic carbocycles. The van der Waals surface area contributed by atoms with Gasteiger partial charge >= 0.3 is 0 Å². The summed E-state index contributed by atoms with van der Waals surface area (Å²) < 4.78 is 1.81. The summed E-state index contributed by atoms with van der Waals surface area (Å²) in [6.07, 6.45) is 0. The third-order valence-electron chi connectivity index (χ3n) is 2.73. The van der Waals surface area contributed by atoms with E-state index in [1.54, 1.807) is 12.1 Å². The Morgan fingerprint density at radius 2 is 1.72 bits per heavy atom. The number of hydrogen-bond donors (Lipinski definition) is 0. The van der Waals surface area contributed by atoms with Gasteiger partial charge in [-0.15, -0.1) is 5.10 Å². The molecule has 18 heavy (non-hydrogen) atoms. The van der Waals surface area contributed by atoms with Crippen LogP contribution < -0.4 is 0 Å². The van der Waals surface area contributed by atoms with E-state index in [2.05, 4.69) is 10.3 Å². The first-order valence-corrected chi connectivity index (χ1v) is 6.22. The molecule has 3 nitrogen and oxygen atoms in total. The molecule has 3 rings (SSSR count). The van der Waals surface area contributed by atoms with Crippen LogP contribution in [0, 0.1) is 0 Å². The molecule has 0 saturated carbocycles. The van der Waals surface area contributed by atoms with E-state index in [1.807, 2.05) is 35.0 Å². The number of benzene rings is 2. The maximum Gasteiger partial charge on any atom is 0.114 e. The van der Waals surface area contributed by atoms with Crippen molar-refractivity contribution in [2.75, 3.05) is 0 Å². The highest BCUT2D eigenvalue weighted by Crippen LogP contribution is 2.26. The van der Waals surface area contributed by atoms with E-state index in [0.29, 0.717) is 16.6 Å². The number of nitrogens with zero attached hydrogens (tertiary/aromatic N) is 3. The third kappa shape index (κ3) is 2.07. The van der Waals surface area contributed by atoms with Crippen LogP contribution in [0.2, 0.25) is 10.0 Å². The van der Waals surface area contributed by atoms with Crippen molar-refractivity contribution in [3.8, 4) is 0 Å². The zero-order valence-corrected chi connectivity index (χ0v) is 10.9. The summed E-state index contributed by atoms with van der Waals surface area (Å²) in [6.45, 7) is 0.662. The van der Waals surface area contributed by atoms with Crippen molar-refractivity contribution in [1.29, 1.82) is 0 Å². The Morgan fingerprint density at radius 3 is 2.50 bits per heavy atom. The SMILES string of the molecule is Clc1cc2nnn(Cc3ccccc3)c2cc1Cl. The normalized spacial score (nSPS) is 11.0. The fourth-order valence-electron chi connectivity index (χ4n) is 1.84. The summed E-state index contributed by atoms with van der Waals surface area (Å²) in [7, 11) is 0. The quantitative estimate of drug-likeness (QED) is 0.714. The lowest BCUT2D eigenvalue weighted by molar-refractivity contribution is 0.670. The Balaban J connectivity index is 2.05. The third-order valence-corrected chi connectivity index (χ3v) is 3.45. The van der Waals surface area contributed by atoms with Crippen molar-refractivity contribution in [1.82, 2.24) is 15.0 Å². The summed E-state index contributed by atoms with van der Waals surface area (Å²) in [5.74, 6) is 0. The predicted molar refractivity (Wildman–Crippen MR) is 73.1 cm³/mol. The summed E-state index contributed by atoms with van der Waals surface area (Å²) in [5, 5.41) is 9.22. The molecule has 0 fully saturated rings. The van der Waals surface area contributed by atoms with Crippen molar-refractivity contribution in [2.24, 2.45) is 0 Å². The summed E-state index contributed by atoms with van der Waals surface area (Å²) >= 11 is 12.0. The highest BCUT2D eigenvalue weighted by molar-refractivity contribution is 6.42. The first kappa shape index (κ1) is 11.5. The largest absolute Gasteiger partial charge is 0.240 e. The zero-order valence-electron chi connectivity index (χ0n) is 9.35. The molecule has 1 heterocycles. The summed E-state index contributed by atoms with van der Waals surface area (Å²) in [6, 6.07) is 13.6. The van der Waals surface area contributed by atoms with Crippen molar-refractivity contribution < 1.29 is 0 Å². The molecule has 0 aliphatic carbocycles. The zero-order chi connectivity index (χ0) is 12.5. The van der Waals surface area contributed by atoms with Crippen LogP contribution in [0.15, 0.2) is 42.5 Å². The monoisotopic (exact) mass is 277 g/mol. The lowest BCUT2D eigenvalue weighted by atomic mass is 10.2. The molecule has 3 aromatic rings. The topological polar surface area (TPSA) is 30.7 Å². The van der Waals surface area contributed by atoms with Gasteiger partial charge in [-0.25, -0.2) is 4.68 Å². The fraction of sp³-hybridized carbons (Fsp3) is 0.0769. The second kappa shape index (κ2) is 4.59. The van der Waals surface area contributed by atoms with Crippen LogP contribution in [0.25, 0.3) is 11.0 Å². The standard InChI is InChI=1S/C13H9Cl2N3/c14-10-6-12-13(7-11(10)15)18(17-16-12)8-9-4-2-1-3-5-9/h1-7H,8H2. The van der Waals surface area contributed by atoms with Crippen molar-refractivity contribution in [3.05, 3.63) is 58.1 Å². The van der Waals surface area contributed by atoms with Crippen LogP contribution in [0.5, 0.6) is 0 Å². The van der Waals surface area contributed by atoms with E-state index in [1.165, 1.54) is 0 Å². The molecule has 0 bridgehead atoms. The van der Waals surface area contributed by atoms with Gasteiger partial charge in [0.2, 0.25) is 0 Å². The number of aromatic nitrogens is 3. The van der Waals surface area contributed by atoms with Gasteiger partial charge in [0.25, 0.3) is 0 Å². The second-order valence-corrected chi connectivity index (χ2v) is 4.80. The van der Waals surface area contributed by atoms with Crippen LogP contribution >= 0.6 is 23.2 Å². The van der Waals surface area contributed by atoms with Gasteiger partial charge < -0.3 is 0 Å². The molecule has 0 radical (unpaired) electrons. The van der Waals surface area contributed by atoms with Crippen molar-refractivity contribution >= 4 is 34.2 Å². The molecule has 0 aliphatic heterocycles. The minimum absolute atomic E-state index is 0.496. The number of rotatable bonds is 2. The smallest absolute Gasteiger partial charge is 0.114 e. The van der Waals surface area contributed by atoms with Crippen molar-refractivity contribution in [2.45, 2.75) is 6.54 Å². The van der Waals surface area contributed by atoms with E-state index < -0.39 is 0 Å². The van der Waals surface area contributed by atoms with Gasteiger partial charge in [-0.2, -0.15) is 0 Å². The average Bonchev–Trinajstić information content (AvgIpc) is 2.74. The number of fused-ring (bicyclic) bond motifs is 1. The van der Waals surface area contributed by atoms with Gasteiger partial charge in [-0.3, -0.25) is 0 Å². The van der Waals surface area contributed by atoms with Gasteiger partial charge in [0, 0.05) is 0 Å². The van der Waals surface area contributed by atoms with Crippen LogP contribution in [0.3, 0.4) is 0 Å². The van der Waals surface area contributed by atoms with E-state index >= 15 is 0 Å². The predicted octanol–water partition coefficient (Wildman–Crippen LogP) is 3.79. The molecule has 0 spiro atoms. The number of hydrogen-bond acceptors (Lipinski definition) is 2. The van der Waals surface area contributed by atoms with Crippen LogP contribution in [0.1, 0.15) is 5.56 Å². The van der Waals surface area contributed by atoms with Crippen LogP contribution in [-0.4, -0.2) is 15.0 Å². The molecule has 90 valence electrons. The molecule has 1 aromatic heterocycles. The Bertz CT molecular complexity index is 692. The minimum atomic E-state index is 0.496. The molecule has 0 unspecified atom stereocenters. The molecular weight excluding hydrogens is 269 g/mol. The van der Waals surface area contributed by atoms with Gasteiger partial charge in [0.15, 0.2) is 0 Å². The highest BCUT2D eigenvalue weighted by Gasteiger charge is 2.08. The second-order valence-electron chi connectivity index (χ2n) is 3.99. The molecule has 0 aliphatic rings. The minimum Gasteiger partial charge on any atom is -0.240 e. The van der Waals surface area contributed by atoms with Gasteiger partial charge in [0.05, 0.1) is 22.1 Å². The van der Waals surface area contributed by atoms with Crippen LogP contribution in [0.4, 0.5) is 0 Å². The van der Waals surface area contributed by atoms with E-state index in [9.17, 15) is 0 Å². The molecular formula is C13H9Cl2N3. The maximum absolute atomic E-state index is 6.02. The first-order valence-electron chi connectivity index (χ1n) is 5.46. The lowest BCUT2D eigenvalue weighted by Crippen LogP contribution is -2.01. The van der Waals surface area contributed by atoms with Gasteiger partial charge in [-0.1, -0.05) is 58.7 Å². The summed E-state index contributed by atoms with van der Waals surface area (Å²) in [5.41, 5.74) is 2.80. The maximum atomic E-state index is 6.02. The molecule has 0 saturated heterocycles. The van der Waals surface area contributed by atoms with Crippen molar-refractivity contribution in [3.63, 3.8) is 0 Å². The lowest BCUT2D eigenvalue weighted by Gasteiger charge is -2.03. The Hall–Kier alpha value is -1.58. The Kier molecular flexibility index (Phi) is 2.94. The Morgan fingerprint density at radius 1 is 1.00 bits per heavy atom. The Labute approximate surface area is 114 Å². The van der Waals surface area contributed by atoms with E-state index in [4.69, 9.17) is 23.2 Å².